The zero-order valence-electron chi connectivity index (χ0n) is 12.2. The molecule has 1 aliphatic heterocycles. The van der Waals surface area contributed by atoms with Crippen LogP contribution < -0.4 is 5.43 Å². The summed E-state index contributed by atoms with van der Waals surface area (Å²) in [5.74, 6) is 1.67. The van der Waals surface area contributed by atoms with Gasteiger partial charge in [0, 0.05) is 23.0 Å². The van der Waals surface area contributed by atoms with Crippen LogP contribution in [-0.4, -0.2) is 13.5 Å². The van der Waals surface area contributed by atoms with Crippen molar-refractivity contribution in [3.8, 4) is 5.95 Å². The van der Waals surface area contributed by atoms with Crippen molar-refractivity contribution >= 4 is 23.0 Å². The van der Waals surface area contributed by atoms with Gasteiger partial charge >= 0.3 is 0 Å². The van der Waals surface area contributed by atoms with Crippen molar-refractivity contribution in [2.75, 3.05) is 0 Å². The molecule has 0 spiro atoms. The Balaban J connectivity index is 2.09. The first-order valence-electron chi connectivity index (χ1n) is 6.91. The van der Waals surface area contributed by atoms with Gasteiger partial charge in [-0.2, -0.15) is 0 Å². The number of aromatic nitrogens is 3. The number of hydrogen-bond acceptors (Lipinski definition) is 3. The predicted molar refractivity (Wildman–Crippen MR) is 86.2 cm³/mol. The highest BCUT2D eigenvalue weighted by atomic mass is 32.2. The number of fused-ring (bicyclic) bond motifs is 5. The molecule has 106 valence electrons. The Kier molecular flexibility index (Phi) is 2.57. The van der Waals surface area contributed by atoms with Gasteiger partial charge in [0.2, 0.25) is 5.95 Å². The van der Waals surface area contributed by atoms with E-state index in [9.17, 15) is 4.79 Å². The molecule has 21 heavy (non-hydrogen) atoms. The maximum absolute atomic E-state index is 12.1. The first kappa shape index (κ1) is 12.7. The van der Waals surface area contributed by atoms with Crippen molar-refractivity contribution in [3.63, 3.8) is 0 Å². The molecule has 4 nitrogen and oxygen atoms in total. The second-order valence-electron chi connectivity index (χ2n) is 5.55. The van der Waals surface area contributed by atoms with Crippen molar-refractivity contribution in [2.24, 2.45) is 0 Å². The van der Waals surface area contributed by atoms with Crippen LogP contribution in [0.1, 0.15) is 22.4 Å². The molecule has 3 heterocycles. The fourth-order valence-electron chi connectivity index (χ4n) is 2.85. The molecule has 3 aromatic rings. The van der Waals surface area contributed by atoms with E-state index in [1.54, 1.807) is 11.9 Å². The molecule has 1 aliphatic rings. The van der Waals surface area contributed by atoms with Crippen LogP contribution in [0, 0.1) is 20.8 Å². The first-order valence-corrected chi connectivity index (χ1v) is 7.85. The Morgan fingerprint density at radius 2 is 2.05 bits per heavy atom. The topological polar surface area (TPSA) is 39.8 Å². The molecule has 4 rings (SSSR count). The van der Waals surface area contributed by atoms with E-state index in [2.05, 4.69) is 33.7 Å². The normalized spacial score (nSPS) is 13.3. The molecule has 0 bridgehead atoms. The van der Waals surface area contributed by atoms with Crippen molar-refractivity contribution in [1.82, 2.24) is 13.5 Å². The Bertz CT molecular complexity index is 952. The van der Waals surface area contributed by atoms with Gasteiger partial charge in [-0.3, -0.25) is 13.3 Å². The minimum absolute atomic E-state index is 0.141. The molecule has 1 aromatic carbocycles. The smallest absolute Gasteiger partial charge is 0.225 e. The van der Waals surface area contributed by atoms with Gasteiger partial charge in [0.05, 0.1) is 16.8 Å². The van der Waals surface area contributed by atoms with Crippen LogP contribution in [0.2, 0.25) is 0 Å². The van der Waals surface area contributed by atoms with Crippen molar-refractivity contribution in [3.05, 3.63) is 57.0 Å². The molecule has 5 heteroatoms. The number of pyridine rings is 1. The third-order valence-electron chi connectivity index (χ3n) is 4.04. The van der Waals surface area contributed by atoms with Gasteiger partial charge < -0.3 is 0 Å². The van der Waals surface area contributed by atoms with E-state index < -0.39 is 0 Å². The molecule has 0 saturated heterocycles. The minimum atomic E-state index is 0.141. The van der Waals surface area contributed by atoms with Crippen LogP contribution in [0.4, 0.5) is 0 Å². The van der Waals surface area contributed by atoms with Crippen molar-refractivity contribution < 1.29 is 0 Å². The summed E-state index contributed by atoms with van der Waals surface area (Å²) in [6.07, 6.45) is 1.91. The summed E-state index contributed by atoms with van der Waals surface area (Å²) in [6, 6.07) is 6.32. The van der Waals surface area contributed by atoms with Crippen molar-refractivity contribution in [1.29, 1.82) is 0 Å². The fourth-order valence-corrected chi connectivity index (χ4v) is 4.00. The van der Waals surface area contributed by atoms with Crippen LogP contribution in [0.25, 0.3) is 17.0 Å². The van der Waals surface area contributed by atoms with Gasteiger partial charge in [0.25, 0.3) is 0 Å². The van der Waals surface area contributed by atoms with Crippen LogP contribution in [-0.2, 0) is 5.75 Å². The van der Waals surface area contributed by atoms with E-state index in [1.807, 2.05) is 20.0 Å². The number of aryl methyl sites for hydroxylation is 2. The quantitative estimate of drug-likeness (QED) is 0.640. The van der Waals surface area contributed by atoms with E-state index >= 15 is 0 Å². The van der Waals surface area contributed by atoms with E-state index in [1.165, 1.54) is 5.56 Å². The predicted octanol–water partition coefficient (Wildman–Crippen LogP) is 3.12. The molecule has 0 amide bonds. The summed E-state index contributed by atoms with van der Waals surface area (Å²) >= 11 is 1.70. The van der Waals surface area contributed by atoms with E-state index in [0.29, 0.717) is 0 Å². The highest BCUT2D eigenvalue weighted by Gasteiger charge is 2.22. The van der Waals surface area contributed by atoms with Gasteiger partial charge in [-0.05, 0) is 50.4 Å². The molecular formula is C16H15N3OS. The van der Waals surface area contributed by atoms with Crippen LogP contribution in [0.15, 0.2) is 29.2 Å². The Morgan fingerprint density at radius 3 is 2.86 bits per heavy atom. The van der Waals surface area contributed by atoms with E-state index in [-0.39, 0.29) is 5.43 Å². The number of rotatable bonds is 0. The third-order valence-corrected chi connectivity index (χ3v) is 5.06. The molecule has 0 aliphatic carbocycles. The van der Waals surface area contributed by atoms with Crippen LogP contribution >= 0.6 is 11.9 Å². The van der Waals surface area contributed by atoms with Gasteiger partial charge in [-0.1, -0.05) is 6.07 Å². The zero-order valence-corrected chi connectivity index (χ0v) is 13.0. The third kappa shape index (κ3) is 1.70. The lowest BCUT2D eigenvalue weighted by Crippen LogP contribution is -2.22. The van der Waals surface area contributed by atoms with Crippen LogP contribution in [0.3, 0.4) is 0 Å². The van der Waals surface area contributed by atoms with Gasteiger partial charge in [0.1, 0.15) is 0 Å². The molecule has 0 radical (unpaired) electrons. The summed E-state index contributed by atoms with van der Waals surface area (Å²) in [7, 11) is 0. The van der Waals surface area contributed by atoms with Gasteiger partial charge in [-0.25, -0.2) is 4.98 Å². The molecule has 0 atom stereocenters. The molecule has 0 fully saturated rings. The lowest BCUT2D eigenvalue weighted by Gasteiger charge is -2.22. The fraction of sp³-hybridized carbons (Fsp3) is 0.250. The highest BCUT2D eigenvalue weighted by Crippen LogP contribution is 2.32. The monoisotopic (exact) mass is 297 g/mol. The Morgan fingerprint density at radius 1 is 1.24 bits per heavy atom. The Labute approximate surface area is 126 Å². The molecule has 0 unspecified atom stereocenters. The average Bonchev–Trinajstić information content (AvgIpc) is 2.82. The number of nitrogens with zero attached hydrogens (tertiary/aromatic N) is 3. The van der Waals surface area contributed by atoms with Crippen LogP contribution in [0.5, 0.6) is 0 Å². The largest absolute Gasteiger partial charge is 0.289 e. The standard InChI is InChI=1S/C16H15N3OS/c1-9-4-5-13-12(6-9)17-16-18-7-10(2)15(20)11(3)14(18)8-21-19(13)16/h4-7H,8H2,1-3H3. The summed E-state index contributed by atoms with van der Waals surface area (Å²) in [6.45, 7) is 5.84. The lowest BCUT2D eigenvalue weighted by atomic mass is 10.1. The number of imidazole rings is 1. The minimum Gasteiger partial charge on any atom is -0.289 e. The number of hydrogen-bond donors (Lipinski definition) is 0. The molecule has 0 saturated carbocycles. The average molecular weight is 297 g/mol. The van der Waals surface area contributed by atoms with E-state index in [4.69, 9.17) is 4.98 Å². The molecular weight excluding hydrogens is 282 g/mol. The SMILES string of the molecule is Cc1ccc2c(c1)nc1n2SCc2c(C)c(=O)c(C)cn2-1. The second kappa shape index (κ2) is 4.24. The number of benzene rings is 1. The first-order chi connectivity index (χ1) is 10.1. The van der Waals surface area contributed by atoms with E-state index in [0.717, 1.165) is 39.6 Å². The van der Waals surface area contributed by atoms with Gasteiger partial charge in [-0.15, -0.1) is 0 Å². The van der Waals surface area contributed by atoms with Crippen molar-refractivity contribution in [2.45, 2.75) is 26.5 Å². The highest BCUT2D eigenvalue weighted by molar-refractivity contribution is 7.97. The zero-order chi connectivity index (χ0) is 14.7. The molecule has 0 N–H and O–H groups in total. The summed E-state index contributed by atoms with van der Waals surface area (Å²) in [5, 5.41) is 0. The maximum atomic E-state index is 12.1. The van der Waals surface area contributed by atoms with Gasteiger partial charge in [0.15, 0.2) is 5.43 Å². The Hall–Kier alpha value is -2.01. The summed E-state index contributed by atoms with van der Waals surface area (Å²) < 4.78 is 4.23. The molecule has 2 aromatic heterocycles. The summed E-state index contributed by atoms with van der Waals surface area (Å²) in [4.78, 5) is 16.9. The maximum Gasteiger partial charge on any atom is 0.225 e. The lowest BCUT2D eigenvalue weighted by molar-refractivity contribution is 0.846. The summed E-state index contributed by atoms with van der Waals surface area (Å²) in [5.41, 5.74) is 6.11. The second-order valence-corrected chi connectivity index (χ2v) is 6.47.